The van der Waals surface area contributed by atoms with Gasteiger partial charge < -0.3 is 10.1 Å². The van der Waals surface area contributed by atoms with Crippen molar-refractivity contribution in [2.45, 2.75) is 19.4 Å². The van der Waals surface area contributed by atoms with Gasteiger partial charge in [0.25, 0.3) is 5.91 Å². The van der Waals surface area contributed by atoms with Crippen LogP contribution in [0.2, 0.25) is 0 Å². The van der Waals surface area contributed by atoms with Crippen LogP contribution in [0.1, 0.15) is 12.0 Å². The second-order valence-corrected chi connectivity index (χ2v) is 7.97. The number of hydrogen-bond donors (Lipinski definition) is 1. The minimum atomic E-state index is -2.98. The average Bonchev–Trinajstić information content (AvgIpc) is 2.67. The summed E-state index contributed by atoms with van der Waals surface area (Å²) in [4.78, 5) is 11.7. The van der Waals surface area contributed by atoms with Crippen molar-refractivity contribution in [2.75, 3.05) is 18.1 Å². The number of carbonyl (C=O) groups is 1. The molecule has 0 unspecified atom stereocenters. The summed E-state index contributed by atoms with van der Waals surface area (Å²) in [6.07, 6.45) is 0.475. The summed E-state index contributed by atoms with van der Waals surface area (Å²) in [5, 5.41) is 2.68. The molecule has 1 N–H and O–H groups in total. The molecule has 0 spiro atoms. The molecule has 110 valence electrons. The molecule has 1 aliphatic rings. The fraction of sp³-hybridized carbons (Fsp3) is 0.462. The fourth-order valence-electron chi connectivity index (χ4n) is 2.04. The summed E-state index contributed by atoms with van der Waals surface area (Å²) in [7, 11) is -2.98. The van der Waals surface area contributed by atoms with Crippen LogP contribution in [-0.4, -0.2) is 38.5 Å². The molecular weight excluding hydrogens is 346 g/mol. The van der Waals surface area contributed by atoms with Crippen LogP contribution in [0.5, 0.6) is 5.75 Å². The first kappa shape index (κ1) is 15.3. The predicted octanol–water partition coefficient (Wildman–Crippen LogP) is 1.44. The Balaban J connectivity index is 1.84. The molecule has 1 amide bonds. The van der Waals surface area contributed by atoms with E-state index in [0.717, 1.165) is 10.0 Å². The van der Waals surface area contributed by atoms with Crippen LogP contribution >= 0.6 is 15.9 Å². The number of aryl methyl sites for hydroxylation is 1. The molecule has 0 radical (unpaired) electrons. The van der Waals surface area contributed by atoms with Crippen molar-refractivity contribution in [2.24, 2.45) is 0 Å². The van der Waals surface area contributed by atoms with E-state index in [1.54, 1.807) is 6.07 Å². The highest BCUT2D eigenvalue weighted by Crippen LogP contribution is 2.25. The molecule has 1 aromatic carbocycles. The van der Waals surface area contributed by atoms with Gasteiger partial charge in [-0.25, -0.2) is 8.42 Å². The fourth-order valence-corrected chi connectivity index (χ4v) is 4.33. The zero-order valence-corrected chi connectivity index (χ0v) is 13.5. The van der Waals surface area contributed by atoms with Gasteiger partial charge in [-0.05, 0) is 47.0 Å². The second kappa shape index (κ2) is 6.13. The molecule has 5 nitrogen and oxygen atoms in total. The Bertz CT molecular complexity index is 615. The average molecular weight is 362 g/mol. The van der Waals surface area contributed by atoms with Gasteiger partial charge in [0.15, 0.2) is 16.4 Å². The number of sulfone groups is 1. The van der Waals surface area contributed by atoms with Crippen LogP contribution in [0.3, 0.4) is 0 Å². The maximum absolute atomic E-state index is 11.7. The zero-order chi connectivity index (χ0) is 14.8. The number of halogens is 1. The number of rotatable bonds is 4. The normalized spacial score (nSPS) is 20.6. The minimum Gasteiger partial charge on any atom is -0.483 e. The number of ether oxygens (including phenoxy) is 1. The number of hydrogen-bond acceptors (Lipinski definition) is 4. The van der Waals surface area contributed by atoms with Crippen molar-refractivity contribution >= 4 is 31.7 Å². The van der Waals surface area contributed by atoms with Crippen molar-refractivity contribution in [3.8, 4) is 5.75 Å². The van der Waals surface area contributed by atoms with E-state index >= 15 is 0 Å². The molecule has 1 heterocycles. The van der Waals surface area contributed by atoms with E-state index in [1.807, 2.05) is 19.1 Å². The third-order valence-corrected chi connectivity index (χ3v) is 5.43. The highest BCUT2D eigenvalue weighted by atomic mass is 79.9. The molecule has 1 atom stereocenters. The van der Waals surface area contributed by atoms with Gasteiger partial charge in [-0.2, -0.15) is 0 Å². The van der Waals surface area contributed by atoms with Gasteiger partial charge in [0.2, 0.25) is 0 Å². The molecule has 1 aliphatic heterocycles. The SMILES string of the molecule is Cc1ccc(OCC(=O)N[C@H]2CCS(=O)(=O)C2)c(Br)c1. The van der Waals surface area contributed by atoms with E-state index in [1.165, 1.54) is 0 Å². The highest BCUT2D eigenvalue weighted by Gasteiger charge is 2.28. The molecule has 20 heavy (non-hydrogen) atoms. The summed E-state index contributed by atoms with van der Waals surface area (Å²) < 4.78 is 28.8. The van der Waals surface area contributed by atoms with E-state index in [0.29, 0.717) is 12.2 Å². The van der Waals surface area contributed by atoms with Crippen molar-refractivity contribution < 1.29 is 17.9 Å². The lowest BCUT2D eigenvalue weighted by Gasteiger charge is -2.12. The molecule has 1 fully saturated rings. The van der Waals surface area contributed by atoms with Gasteiger partial charge in [0, 0.05) is 6.04 Å². The van der Waals surface area contributed by atoms with Crippen LogP contribution in [0.15, 0.2) is 22.7 Å². The summed E-state index contributed by atoms with van der Waals surface area (Å²) in [5.41, 5.74) is 1.09. The molecule has 1 saturated heterocycles. The molecule has 2 rings (SSSR count). The molecule has 0 aliphatic carbocycles. The molecule has 0 bridgehead atoms. The first-order valence-corrected chi connectivity index (χ1v) is 8.86. The lowest BCUT2D eigenvalue weighted by molar-refractivity contribution is -0.123. The summed E-state index contributed by atoms with van der Waals surface area (Å²) in [6, 6.07) is 5.28. The van der Waals surface area contributed by atoms with Crippen LogP contribution in [0.25, 0.3) is 0 Å². The van der Waals surface area contributed by atoms with Crippen molar-refractivity contribution in [1.29, 1.82) is 0 Å². The molecule has 0 saturated carbocycles. The van der Waals surface area contributed by atoms with Gasteiger partial charge in [-0.1, -0.05) is 6.07 Å². The van der Waals surface area contributed by atoms with Crippen LogP contribution in [0, 0.1) is 6.92 Å². The van der Waals surface area contributed by atoms with E-state index in [-0.39, 0.29) is 30.1 Å². The quantitative estimate of drug-likeness (QED) is 0.880. The van der Waals surface area contributed by atoms with Gasteiger partial charge in [0.05, 0.1) is 16.0 Å². The number of nitrogens with one attached hydrogen (secondary N) is 1. The van der Waals surface area contributed by atoms with Crippen molar-refractivity contribution in [1.82, 2.24) is 5.32 Å². The van der Waals surface area contributed by atoms with Crippen LogP contribution < -0.4 is 10.1 Å². The lowest BCUT2D eigenvalue weighted by Crippen LogP contribution is -2.38. The topological polar surface area (TPSA) is 72.5 Å². The van der Waals surface area contributed by atoms with Crippen molar-refractivity contribution in [3.63, 3.8) is 0 Å². The molecule has 7 heteroatoms. The standard InChI is InChI=1S/C13H16BrNO4S/c1-9-2-3-12(11(14)6-9)19-7-13(16)15-10-4-5-20(17,18)8-10/h2-3,6,10H,4-5,7-8H2,1H3,(H,15,16)/t10-/m0/s1. The van der Waals surface area contributed by atoms with E-state index < -0.39 is 9.84 Å². The Labute approximate surface area is 126 Å². The third-order valence-electron chi connectivity index (χ3n) is 3.04. The van der Waals surface area contributed by atoms with E-state index in [9.17, 15) is 13.2 Å². The first-order valence-electron chi connectivity index (χ1n) is 6.24. The Morgan fingerprint density at radius 2 is 2.25 bits per heavy atom. The molecule has 0 aromatic heterocycles. The summed E-state index contributed by atoms with van der Waals surface area (Å²) in [6.45, 7) is 1.83. The Hall–Kier alpha value is -1.08. The van der Waals surface area contributed by atoms with Gasteiger partial charge in [0.1, 0.15) is 5.75 Å². The van der Waals surface area contributed by atoms with Crippen molar-refractivity contribution in [3.05, 3.63) is 28.2 Å². The van der Waals surface area contributed by atoms with Gasteiger partial charge >= 0.3 is 0 Å². The van der Waals surface area contributed by atoms with Crippen LogP contribution in [-0.2, 0) is 14.6 Å². The zero-order valence-electron chi connectivity index (χ0n) is 11.1. The Morgan fingerprint density at radius 3 is 2.85 bits per heavy atom. The molecular formula is C13H16BrNO4S. The minimum absolute atomic E-state index is 0.0208. The highest BCUT2D eigenvalue weighted by molar-refractivity contribution is 9.10. The van der Waals surface area contributed by atoms with Crippen LogP contribution in [0.4, 0.5) is 0 Å². The number of benzene rings is 1. The number of carbonyl (C=O) groups excluding carboxylic acids is 1. The maximum Gasteiger partial charge on any atom is 0.258 e. The summed E-state index contributed by atoms with van der Waals surface area (Å²) >= 11 is 3.36. The Kier molecular flexibility index (Phi) is 4.70. The second-order valence-electron chi connectivity index (χ2n) is 4.89. The monoisotopic (exact) mass is 361 g/mol. The van der Waals surface area contributed by atoms with Gasteiger partial charge in [-0.15, -0.1) is 0 Å². The van der Waals surface area contributed by atoms with Gasteiger partial charge in [-0.3, -0.25) is 4.79 Å². The van der Waals surface area contributed by atoms with E-state index in [2.05, 4.69) is 21.2 Å². The number of amides is 1. The molecule has 1 aromatic rings. The largest absolute Gasteiger partial charge is 0.483 e. The predicted molar refractivity (Wildman–Crippen MR) is 79.6 cm³/mol. The Morgan fingerprint density at radius 1 is 1.50 bits per heavy atom. The van der Waals surface area contributed by atoms with E-state index in [4.69, 9.17) is 4.74 Å². The maximum atomic E-state index is 11.7. The lowest BCUT2D eigenvalue weighted by atomic mass is 10.2. The smallest absolute Gasteiger partial charge is 0.258 e. The third kappa shape index (κ3) is 4.21. The first-order chi connectivity index (χ1) is 9.35. The summed E-state index contributed by atoms with van der Waals surface area (Å²) in [5.74, 6) is 0.444.